The molecule has 1 saturated carbocycles. The van der Waals surface area contributed by atoms with Crippen molar-refractivity contribution < 1.29 is 9.59 Å². The largest absolute Gasteiger partial charge is 0.349 e. The van der Waals surface area contributed by atoms with E-state index in [0.717, 1.165) is 40.5 Å². The first-order valence-electron chi connectivity index (χ1n) is 10.3. The molecule has 0 atom stereocenters. The van der Waals surface area contributed by atoms with Gasteiger partial charge < -0.3 is 21.7 Å². The number of hydrogen-bond donors (Lipinski definition) is 4. The molecule has 31 heavy (non-hydrogen) atoms. The number of nitrogens with zero attached hydrogens (tertiary/aromatic N) is 1. The third-order valence-corrected chi connectivity index (χ3v) is 5.73. The van der Waals surface area contributed by atoms with Crippen LogP contribution in [0.1, 0.15) is 35.2 Å². The third-order valence-electron chi connectivity index (χ3n) is 4.97. The van der Waals surface area contributed by atoms with Gasteiger partial charge in [-0.05, 0) is 49.6 Å². The van der Waals surface area contributed by atoms with Crippen LogP contribution in [0, 0.1) is 6.92 Å². The number of carbonyl (C=O) groups is 2. The minimum atomic E-state index is -0.110. The van der Waals surface area contributed by atoms with E-state index in [9.17, 15) is 9.59 Å². The van der Waals surface area contributed by atoms with Gasteiger partial charge in [0.2, 0.25) is 5.91 Å². The maximum absolute atomic E-state index is 12.4. The van der Waals surface area contributed by atoms with Gasteiger partial charge >= 0.3 is 0 Å². The first kappa shape index (κ1) is 21.0. The number of carbonyl (C=O) groups excluding carboxylic acids is 2. The molecule has 0 unspecified atom stereocenters. The highest BCUT2D eigenvalue weighted by atomic mass is 32.1. The molecule has 160 valence electrons. The SMILES string of the molecule is Cc1ccc(C(=O)NC2CC2)cc1Nc1nc(-c2cccc(NC(=O)CCN)c2)cs1. The van der Waals surface area contributed by atoms with Gasteiger partial charge in [-0.3, -0.25) is 9.59 Å². The first-order valence-corrected chi connectivity index (χ1v) is 11.1. The number of nitrogens with one attached hydrogen (secondary N) is 3. The van der Waals surface area contributed by atoms with Crippen molar-refractivity contribution in [3.8, 4) is 11.3 Å². The molecule has 0 saturated heterocycles. The van der Waals surface area contributed by atoms with Gasteiger partial charge in [0.15, 0.2) is 5.13 Å². The molecule has 1 aliphatic rings. The molecule has 0 aliphatic heterocycles. The lowest BCUT2D eigenvalue weighted by Gasteiger charge is -2.10. The lowest BCUT2D eigenvalue weighted by atomic mass is 10.1. The number of rotatable bonds is 8. The summed E-state index contributed by atoms with van der Waals surface area (Å²) >= 11 is 1.48. The zero-order chi connectivity index (χ0) is 21.8. The van der Waals surface area contributed by atoms with Crippen molar-refractivity contribution >= 4 is 39.7 Å². The summed E-state index contributed by atoms with van der Waals surface area (Å²) < 4.78 is 0. The van der Waals surface area contributed by atoms with E-state index >= 15 is 0 Å². The Morgan fingerprint density at radius 2 is 2.03 bits per heavy atom. The normalized spacial score (nSPS) is 13.0. The minimum Gasteiger partial charge on any atom is -0.349 e. The number of anilines is 3. The molecule has 0 bridgehead atoms. The van der Waals surface area contributed by atoms with Gasteiger partial charge in [-0.2, -0.15) is 0 Å². The second-order valence-electron chi connectivity index (χ2n) is 7.61. The molecule has 5 N–H and O–H groups in total. The number of aromatic nitrogens is 1. The van der Waals surface area contributed by atoms with Crippen molar-refractivity contribution in [2.75, 3.05) is 17.2 Å². The second kappa shape index (κ2) is 9.28. The maximum Gasteiger partial charge on any atom is 0.251 e. The predicted octanol–water partition coefficient (Wildman–Crippen LogP) is 4.04. The van der Waals surface area contributed by atoms with Crippen LogP contribution in [0.5, 0.6) is 0 Å². The Labute approximate surface area is 185 Å². The van der Waals surface area contributed by atoms with Crippen molar-refractivity contribution in [2.24, 2.45) is 5.73 Å². The van der Waals surface area contributed by atoms with Crippen molar-refractivity contribution in [1.29, 1.82) is 0 Å². The second-order valence-corrected chi connectivity index (χ2v) is 8.47. The highest BCUT2D eigenvalue weighted by molar-refractivity contribution is 7.14. The number of benzene rings is 2. The molecular weight excluding hydrogens is 410 g/mol. The maximum atomic E-state index is 12.4. The summed E-state index contributed by atoms with van der Waals surface area (Å²) in [6.07, 6.45) is 2.40. The molecule has 0 spiro atoms. The lowest BCUT2D eigenvalue weighted by Crippen LogP contribution is -2.25. The standard InChI is InChI=1S/C23H25N5O2S/c1-14-5-6-16(22(30)26-17-7-8-17)12-19(14)27-23-28-20(13-31-23)15-3-2-4-18(11-15)25-21(29)9-10-24/h2-6,11-13,17H,7-10,24H2,1H3,(H,25,29)(H,26,30)(H,27,28). The summed E-state index contributed by atoms with van der Waals surface area (Å²) in [5.74, 6) is -0.153. The average Bonchev–Trinajstić information content (AvgIpc) is 3.44. The monoisotopic (exact) mass is 435 g/mol. The van der Waals surface area contributed by atoms with E-state index in [-0.39, 0.29) is 18.2 Å². The molecule has 2 aromatic carbocycles. The number of hydrogen-bond acceptors (Lipinski definition) is 6. The van der Waals surface area contributed by atoms with Gasteiger partial charge in [-0.15, -0.1) is 11.3 Å². The van der Waals surface area contributed by atoms with Crippen molar-refractivity contribution in [1.82, 2.24) is 10.3 Å². The van der Waals surface area contributed by atoms with Crippen LogP contribution >= 0.6 is 11.3 Å². The van der Waals surface area contributed by atoms with E-state index < -0.39 is 0 Å². The molecule has 8 heteroatoms. The van der Waals surface area contributed by atoms with Crippen LogP contribution in [-0.2, 0) is 4.79 Å². The Kier molecular flexibility index (Phi) is 6.29. The van der Waals surface area contributed by atoms with Gasteiger partial charge in [-0.1, -0.05) is 18.2 Å². The Hall–Kier alpha value is -3.23. The van der Waals surface area contributed by atoms with Gasteiger partial charge in [0.25, 0.3) is 5.91 Å². The van der Waals surface area contributed by atoms with Crippen molar-refractivity contribution in [3.63, 3.8) is 0 Å². The highest BCUT2D eigenvalue weighted by Gasteiger charge is 2.24. The van der Waals surface area contributed by atoms with E-state index in [2.05, 4.69) is 20.9 Å². The molecule has 1 aliphatic carbocycles. The summed E-state index contributed by atoms with van der Waals surface area (Å²) in [7, 11) is 0. The zero-order valence-electron chi connectivity index (χ0n) is 17.3. The quantitative estimate of drug-likeness (QED) is 0.427. The number of amides is 2. The van der Waals surface area contributed by atoms with Crippen LogP contribution in [0.4, 0.5) is 16.5 Å². The van der Waals surface area contributed by atoms with Crippen LogP contribution in [-0.4, -0.2) is 29.4 Å². The van der Waals surface area contributed by atoms with E-state index in [1.807, 2.05) is 54.8 Å². The summed E-state index contributed by atoms with van der Waals surface area (Å²) in [6, 6.07) is 13.5. The number of nitrogens with two attached hydrogens (primary N) is 1. The Morgan fingerprint density at radius 1 is 1.19 bits per heavy atom. The van der Waals surface area contributed by atoms with Crippen LogP contribution in [0.15, 0.2) is 47.8 Å². The summed E-state index contributed by atoms with van der Waals surface area (Å²) in [5.41, 5.74) is 10.4. The Balaban J connectivity index is 1.48. The molecule has 0 radical (unpaired) electrons. The van der Waals surface area contributed by atoms with E-state index in [1.54, 1.807) is 0 Å². The molecule has 1 fully saturated rings. The topological polar surface area (TPSA) is 109 Å². The molecular formula is C23H25N5O2S. The van der Waals surface area contributed by atoms with E-state index in [1.165, 1.54) is 11.3 Å². The van der Waals surface area contributed by atoms with E-state index in [4.69, 9.17) is 5.73 Å². The third kappa shape index (κ3) is 5.48. The van der Waals surface area contributed by atoms with Crippen LogP contribution < -0.4 is 21.7 Å². The van der Waals surface area contributed by atoms with Crippen LogP contribution in [0.3, 0.4) is 0 Å². The Morgan fingerprint density at radius 3 is 2.81 bits per heavy atom. The first-order chi connectivity index (χ1) is 15.0. The molecule has 4 rings (SSSR count). The number of aryl methyl sites for hydroxylation is 1. The molecule has 3 aromatic rings. The fraction of sp³-hybridized carbons (Fsp3) is 0.261. The number of thiazole rings is 1. The molecule has 7 nitrogen and oxygen atoms in total. The minimum absolute atomic E-state index is 0.0427. The lowest BCUT2D eigenvalue weighted by molar-refractivity contribution is -0.116. The summed E-state index contributed by atoms with van der Waals surface area (Å²) in [4.78, 5) is 28.8. The van der Waals surface area contributed by atoms with Gasteiger partial charge in [0, 0.05) is 46.9 Å². The van der Waals surface area contributed by atoms with Crippen LogP contribution in [0.25, 0.3) is 11.3 Å². The Bertz CT molecular complexity index is 1110. The van der Waals surface area contributed by atoms with Gasteiger partial charge in [-0.25, -0.2) is 4.98 Å². The molecule has 2 amide bonds. The molecule has 1 aromatic heterocycles. The smallest absolute Gasteiger partial charge is 0.251 e. The molecule has 1 heterocycles. The predicted molar refractivity (Wildman–Crippen MR) is 125 cm³/mol. The van der Waals surface area contributed by atoms with Crippen LogP contribution in [0.2, 0.25) is 0 Å². The average molecular weight is 436 g/mol. The van der Waals surface area contributed by atoms with Gasteiger partial charge in [0.1, 0.15) is 0 Å². The fourth-order valence-electron chi connectivity index (χ4n) is 3.08. The van der Waals surface area contributed by atoms with Crippen molar-refractivity contribution in [3.05, 3.63) is 59.0 Å². The zero-order valence-corrected chi connectivity index (χ0v) is 18.1. The van der Waals surface area contributed by atoms with E-state index in [0.29, 0.717) is 23.8 Å². The van der Waals surface area contributed by atoms with Crippen molar-refractivity contribution in [2.45, 2.75) is 32.2 Å². The fourth-order valence-corrected chi connectivity index (χ4v) is 3.82. The highest BCUT2D eigenvalue weighted by Crippen LogP contribution is 2.30. The summed E-state index contributed by atoms with van der Waals surface area (Å²) in [6.45, 7) is 2.31. The van der Waals surface area contributed by atoms with Gasteiger partial charge in [0.05, 0.1) is 5.69 Å². The summed E-state index contributed by atoms with van der Waals surface area (Å²) in [5, 5.41) is 11.9.